The smallest absolute Gasteiger partial charge is 0.251 e. The summed E-state index contributed by atoms with van der Waals surface area (Å²) in [5.74, 6) is 1.20. The molecule has 1 aliphatic heterocycles. The number of hydrogen-bond acceptors (Lipinski definition) is 7. The number of nitrogens with zero attached hydrogens (tertiary/aromatic N) is 3. The van der Waals surface area contributed by atoms with Crippen molar-refractivity contribution >= 4 is 34.2 Å². The van der Waals surface area contributed by atoms with Crippen LogP contribution in [-0.2, 0) is 32.6 Å². The number of carbonyl (C=O) groups excluding carboxylic acids is 1. The lowest BCUT2D eigenvalue weighted by Gasteiger charge is -2.22. The van der Waals surface area contributed by atoms with E-state index in [0.717, 1.165) is 85.7 Å². The van der Waals surface area contributed by atoms with E-state index in [1.165, 1.54) is 0 Å². The fraction of sp³-hybridized carbons (Fsp3) is 0.400. The number of aliphatic hydroxyl groups is 1. The zero-order chi connectivity index (χ0) is 35.3. The minimum Gasteiger partial charge on any atom is -0.491 e. The largest absolute Gasteiger partial charge is 0.491 e. The Morgan fingerprint density at radius 3 is 2.52 bits per heavy atom. The molecule has 0 saturated carbocycles. The topological polar surface area (TPSA) is 106 Å². The molecule has 0 spiro atoms. The number of hydrogen-bond donors (Lipinski definition) is 2. The van der Waals surface area contributed by atoms with Crippen molar-refractivity contribution in [3.8, 4) is 16.9 Å². The van der Waals surface area contributed by atoms with Gasteiger partial charge in [0.2, 0.25) is 0 Å². The van der Waals surface area contributed by atoms with Crippen LogP contribution in [0.1, 0.15) is 57.7 Å². The van der Waals surface area contributed by atoms with Gasteiger partial charge in [-0.05, 0) is 97.5 Å². The summed E-state index contributed by atoms with van der Waals surface area (Å²) in [5.41, 5.74) is 6.18. The summed E-state index contributed by atoms with van der Waals surface area (Å²) >= 11 is 0. The summed E-state index contributed by atoms with van der Waals surface area (Å²) in [6, 6.07) is 21.5. The van der Waals surface area contributed by atoms with Crippen molar-refractivity contribution in [2.75, 3.05) is 49.7 Å². The van der Waals surface area contributed by atoms with E-state index in [0.29, 0.717) is 35.1 Å². The van der Waals surface area contributed by atoms with Gasteiger partial charge in [0.15, 0.2) is 0 Å². The van der Waals surface area contributed by atoms with Crippen molar-refractivity contribution in [2.24, 2.45) is 5.92 Å². The number of amides is 1. The quantitative estimate of drug-likeness (QED) is 0.0829. The Balaban J connectivity index is 1.28. The van der Waals surface area contributed by atoms with Crippen LogP contribution in [0.15, 0.2) is 89.7 Å². The average Bonchev–Trinajstić information content (AvgIpc) is 3.80. The molecule has 1 amide bonds. The van der Waals surface area contributed by atoms with Crippen LogP contribution in [-0.4, -0.2) is 64.3 Å². The van der Waals surface area contributed by atoms with Crippen molar-refractivity contribution in [1.82, 2.24) is 9.55 Å². The first-order valence-corrected chi connectivity index (χ1v) is 19.0. The molecular weight excluding hydrogens is 649 g/mol. The predicted octanol–water partition coefficient (Wildman–Crippen LogP) is 7.32. The second kappa shape index (κ2) is 18.7. The molecule has 1 saturated heterocycles. The van der Waals surface area contributed by atoms with Crippen LogP contribution in [0.25, 0.3) is 17.2 Å². The summed E-state index contributed by atoms with van der Waals surface area (Å²) in [4.78, 5) is 20.6. The normalized spacial score (nSPS) is 15.3. The van der Waals surface area contributed by atoms with Crippen LogP contribution in [0.5, 0.6) is 5.75 Å². The van der Waals surface area contributed by atoms with Crippen molar-refractivity contribution in [3.05, 3.63) is 96.1 Å². The molecule has 10 heteroatoms. The van der Waals surface area contributed by atoms with Gasteiger partial charge >= 0.3 is 0 Å². The maximum absolute atomic E-state index is 13.4. The number of aromatic nitrogens is 2. The molecule has 0 aliphatic carbocycles. The van der Waals surface area contributed by atoms with Gasteiger partial charge in [-0.2, -0.15) is 0 Å². The minimum absolute atomic E-state index is 0.163. The number of imidazole rings is 1. The summed E-state index contributed by atoms with van der Waals surface area (Å²) in [5, 5.41) is 12.8. The van der Waals surface area contributed by atoms with Crippen LogP contribution in [0.2, 0.25) is 0 Å². The predicted molar refractivity (Wildman–Crippen MR) is 202 cm³/mol. The highest BCUT2D eigenvalue weighted by Gasteiger charge is 2.24. The second-order valence-electron chi connectivity index (χ2n) is 12.8. The molecule has 0 radical (unpaired) electrons. The summed E-state index contributed by atoms with van der Waals surface area (Å²) < 4.78 is 26.6. The molecular formula is C40H50N4O5S. The van der Waals surface area contributed by atoms with Crippen LogP contribution in [0.3, 0.4) is 0 Å². The lowest BCUT2D eigenvalue weighted by atomic mass is 9.99. The van der Waals surface area contributed by atoms with Crippen LogP contribution in [0, 0.1) is 5.92 Å². The Kier molecular flexibility index (Phi) is 13.8. The first kappa shape index (κ1) is 37.0. The fourth-order valence-electron chi connectivity index (χ4n) is 6.00. The van der Waals surface area contributed by atoms with E-state index < -0.39 is 10.8 Å². The zero-order valence-electron chi connectivity index (χ0n) is 29.5. The number of carbonyl (C=O) groups is 1. The Labute approximate surface area is 298 Å². The third-order valence-corrected chi connectivity index (χ3v) is 10.2. The van der Waals surface area contributed by atoms with Crippen LogP contribution in [0.4, 0.5) is 11.4 Å². The molecule has 4 aromatic rings. The molecule has 1 fully saturated rings. The highest BCUT2D eigenvalue weighted by molar-refractivity contribution is 7.84. The van der Waals surface area contributed by atoms with E-state index >= 15 is 0 Å². The lowest BCUT2D eigenvalue weighted by molar-refractivity contribution is -0.112. The van der Waals surface area contributed by atoms with Crippen LogP contribution >= 0.6 is 0 Å². The van der Waals surface area contributed by atoms with Crippen molar-refractivity contribution < 1.29 is 23.6 Å². The Hall–Kier alpha value is -4.25. The molecule has 2 unspecified atom stereocenters. The molecule has 2 heterocycles. The standard InChI is InChI=1S/C40H50N4O5S/c1-4-6-20-48-21-22-49-37-12-7-32(8-13-37)33-9-16-39(43-19-17-31(26-43)27-45)34(24-33)23-30(3)40(46)42-35-10-14-38(15-11-35)50(47)28-36-25-41-29-44(36)18-5-2/h7-16,23-25,29,31,45H,4-6,17-22,26-28H2,1-3H3,(H,42,46)/b30-23+. The monoisotopic (exact) mass is 698 g/mol. The summed E-state index contributed by atoms with van der Waals surface area (Å²) in [6.07, 6.45) is 9.55. The third-order valence-electron chi connectivity index (χ3n) is 8.89. The number of anilines is 2. The van der Waals surface area contributed by atoms with Gasteiger partial charge in [0.25, 0.3) is 5.91 Å². The van der Waals surface area contributed by atoms with Crippen molar-refractivity contribution in [3.63, 3.8) is 0 Å². The highest BCUT2D eigenvalue weighted by Crippen LogP contribution is 2.33. The second-order valence-corrected chi connectivity index (χ2v) is 14.2. The fourth-order valence-corrected chi connectivity index (χ4v) is 7.11. The molecule has 5 rings (SSSR count). The van der Waals surface area contributed by atoms with E-state index in [1.807, 2.05) is 41.8 Å². The summed E-state index contributed by atoms with van der Waals surface area (Å²) in [6.45, 7) is 10.5. The minimum atomic E-state index is -1.23. The summed E-state index contributed by atoms with van der Waals surface area (Å²) in [7, 11) is -1.23. The average molecular weight is 699 g/mol. The van der Waals surface area contributed by atoms with E-state index in [9.17, 15) is 14.1 Å². The van der Waals surface area contributed by atoms with Gasteiger partial charge in [0.1, 0.15) is 12.4 Å². The maximum Gasteiger partial charge on any atom is 0.251 e. The molecule has 266 valence electrons. The third kappa shape index (κ3) is 10.2. The van der Waals surface area contributed by atoms with Gasteiger partial charge in [0, 0.05) is 66.8 Å². The van der Waals surface area contributed by atoms with Gasteiger partial charge in [-0.3, -0.25) is 9.00 Å². The zero-order valence-corrected chi connectivity index (χ0v) is 30.3. The Morgan fingerprint density at radius 2 is 1.80 bits per heavy atom. The molecule has 3 aromatic carbocycles. The Morgan fingerprint density at radius 1 is 1.02 bits per heavy atom. The maximum atomic E-state index is 13.4. The number of unbranched alkanes of at least 4 members (excludes halogenated alkanes) is 1. The SMILES string of the molecule is CCCCOCCOc1ccc(-c2ccc(N3CCC(CO)C3)c(/C=C(\C)C(=O)Nc3ccc(S(=O)Cc4cncn4CCC)cc3)c2)cc1. The number of aliphatic hydroxyl groups excluding tert-OH is 1. The number of aryl methyl sites for hydroxylation is 1. The number of nitrogens with one attached hydrogen (secondary N) is 1. The molecule has 0 bridgehead atoms. The molecule has 1 aliphatic rings. The molecule has 1 aromatic heterocycles. The Bertz CT molecular complexity index is 1740. The van der Waals surface area contributed by atoms with E-state index in [1.54, 1.807) is 36.8 Å². The molecule has 2 atom stereocenters. The van der Waals surface area contributed by atoms with E-state index in [-0.39, 0.29) is 18.4 Å². The van der Waals surface area contributed by atoms with E-state index in [4.69, 9.17) is 9.47 Å². The van der Waals surface area contributed by atoms with Gasteiger partial charge in [-0.1, -0.05) is 38.5 Å². The highest BCUT2D eigenvalue weighted by atomic mass is 32.2. The van der Waals surface area contributed by atoms with Gasteiger partial charge < -0.3 is 29.4 Å². The number of ether oxygens (including phenoxy) is 2. The number of rotatable bonds is 18. The van der Waals surface area contributed by atoms with Crippen LogP contribution < -0.4 is 15.0 Å². The first-order chi connectivity index (χ1) is 24.4. The molecule has 2 N–H and O–H groups in total. The molecule has 50 heavy (non-hydrogen) atoms. The van der Waals surface area contributed by atoms with Gasteiger partial charge in [-0.25, -0.2) is 4.98 Å². The van der Waals surface area contributed by atoms with E-state index in [2.05, 4.69) is 47.2 Å². The van der Waals surface area contributed by atoms with Gasteiger partial charge in [0.05, 0.1) is 35.2 Å². The first-order valence-electron chi connectivity index (χ1n) is 17.7. The number of benzene rings is 3. The molecule has 9 nitrogen and oxygen atoms in total. The lowest BCUT2D eigenvalue weighted by Crippen LogP contribution is -2.21. The van der Waals surface area contributed by atoms with Gasteiger partial charge in [-0.15, -0.1) is 0 Å². The van der Waals surface area contributed by atoms with Crippen molar-refractivity contribution in [2.45, 2.75) is 63.6 Å². The van der Waals surface area contributed by atoms with Crippen molar-refractivity contribution in [1.29, 1.82) is 0 Å².